The van der Waals surface area contributed by atoms with E-state index in [1.165, 1.54) is 21.1 Å². The van der Waals surface area contributed by atoms with Gasteiger partial charge in [-0.1, -0.05) is 107 Å². The van der Waals surface area contributed by atoms with E-state index in [9.17, 15) is 0 Å². The quantitative estimate of drug-likeness (QED) is 0.512. The van der Waals surface area contributed by atoms with Crippen LogP contribution in [0.5, 0.6) is 0 Å². The maximum Gasteiger partial charge on any atom is 0.155 e. The van der Waals surface area contributed by atoms with Crippen molar-refractivity contribution in [1.82, 2.24) is 0 Å². The van der Waals surface area contributed by atoms with Gasteiger partial charge >= 0.3 is 0 Å². The Morgan fingerprint density at radius 2 is 1.14 bits per heavy atom. The van der Waals surface area contributed by atoms with Gasteiger partial charge in [-0.3, -0.25) is 0 Å². The van der Waals surface area contributed by atoms with E-state index in [-0.39, 0.29) is 0 Å². The van der Waals surface area contributed by atoms with Gasteiger partial charge in [0.15, 0.2) is 8.80 Å². The molecular weight excluding hydrogens is 280 g/mol. The lowest BCUT2D eigenvalue weighted by atomic mass is 10.1. The SMILES string of the molecule is C=C(C)c1ccccc1[Si](c1ccccc1)c1ccccc1. The lowest BCUT2D eigenvalue weighted by molar-refractivity contribution is 1.61. The Labute approximate surface area is 134 Å². The first-order chi connectivity index (χ1) is 10.8. The van der Waals surface area contributed by atoms with Crippen molar-refractivity contribution in [2.45, 2.75) is 6.92 Å². The molecule has 3 aromatic rings. The molecule has 0 atom stereocenters. The minimum Gasteiger partial charge on any atom is -0.0955 e. The summed E-state index contributed by atoms with van der Waals surface area (Å²) in [7, 11) is -1.01. The Balaban J connectivity index is 2.21. The maximum absolute atomic E-state index is 4.17. The van der Waals surface area contributed by atoms with Crippen molar-refractivity contribution in [1.29, 1.82) is 0 Å². The van der Waals surface area contributed by atoms with Crippen LogP contribution in [0, 0.1) is 0 Å². The van der Waals surface area contributed by atoms with Gasteiger partial charge in [0.25, 0.3) is 0 Å². The summed E-state index contributed by atoms with van der Waals surface area (Å²) in [5.41, 5.74) is 2.41. The molecule has 0 unspecified atom stereocenters. The zero-order valence-electron chi connectivity index (χ0n) is 12.8. The average Bonchev–Trinajstić information content (AvgIpc) is 2.57. The molecule has 0 spiro atoms. The van der Waals surface area contributed by atoms with Gasteiger partial charge < -0.3 is 0 Å². The van der Waals surface area contributed by atoms with Crippen LogP contribution < -0.4 is 15.6 Å². The first-order valence-corrected chi connectivity index (χ1v) is 9.00. The van der Waals surface area contributed by atoms with Crippen LogP contribution >= 0.6 is 0 Å². The van der Waals surface area contributed by atoms with E-state index in [0.29, 0.717) is 0 Å². The molecule has 0 aliphatic carbocycles. The highest BCUT2D eigenvalue weighted by Crippen LogP contribution is 2.10. The van der Waals surface area contributed by atoms with Crippen molar-refractivity contribution in [2.75, 3.05) is 0 Å². The highest BCUT2D eigenvalue weighted by molar-refractivity contribution is 6.96. The molecule has 0 aromatic heterocycles. The number of hydrogen-bond acceptors (Lipinski definition) is 0. The van der Waals surface area contributed by atoms with E-state index in [2.05, 4.69) is 98.4 Å². The highest BCUT2D eigenvalue weighted by Gasteiger charge is 2.21. The summed E-state index contributed by atoms with van der Waals surface area (Å²) in [6, 6.07) is 30.4. The van der Waals surface area contributed by atoms with Gasteiger partial charge in [0, 0.05) is 0 Å². The third-order valence-corrected chi connectivity index (χ3v) is 6.58. The second-order valence-corrected chi connectivity index (χ2v) is 7.88. The number of rotatable bonds is 4. The largest absolute Gasteiger partial charge is 0.155 e. The van der Waals surface area contributed by atoms with Crippen molar-refractivity contribution in [3.8, 4) is 0 Å². The minimum atomic E-state index is -1.01. The van der Waals surface area contributed by atoms with Crippen LogP contribution in [0.1, 0.15) is 12.5 Å². The molecule has 0 amide bonds. The summed E-state index contributed by atoms with van der Waals surface area (Å²) >= 11 is 0. The Morgan fingerprint density at radius 1 is 0.682 bits per heavy atom. The third-order valence-electron chi connectivity index (χ3n) is 3.78. The van der Waals surface area contributed by atoms with E-state index < -0.39 is 8.80 Å². The highest BCUT2D eigenvalue weighted by atomic mass is 28.3. The summed E-state index contributed by atoms with van der Waals surface area (Å²) in [5.74, 6) is 0. The van der Waals surface area contributed by atoms with Gasteiger partial charge in [-0.15, -0.1) is 0 Å². The Kier molecular flexibility index (Phi) is 4.36. The fourth-order valence-corrected chi connectivity index (χ4v) is 5.60. The van der Waals surface area contributed by atoms with Crippen LogP contribution in [-0.4, -0.2) is 8.80 Å². The standard InChI is InChI=1S/C21H19Si/c1-17(2)20-15-9-10-16-21(20)22(18-11-5-3-6-12-18)19-13-7-4-8-14-19/h3-16H,1H2,2H3. The smallest absolute Gasteiger partial charge is 0.0955 e. The predicted molar refractivity (Wildman–Crippen MR) is 98.7 cm³/mol. The van der Waals surface area contributed by atoms with Crippen LogP contribution in [0.4, 0.5) is 0 Å². The molecule has 1 heteroatoms. The number of allylic oxidation sites excluding steroid dienone is 1. The van der Waals surface area contributed by atoms with E-state index in [1.54, 1.807) is 0 Å². The lowest BCUT2D eigenvalue weighted by Gasteiger charge is -2.20. The molecule has 0 heterocycles. The van der Waals surface area contributed by atoms with Crippen molar-refractivity contribution in [3.63, 3.8) is 0 Å². The Bertz CT molecular complexity index is 721. The van der Waals surface area contributed by atoms with Gasteiger partial charge in [0.1, 0.15) is 0 Å². The molecule has 0 N–H and O–H groups in total. The second kappa shape index (κ2) is 6.59. The zero-order chi connectivity index (χ0) is 15.4. The number of benzene rings is 3. The minimum absolute atomic E-state index is 1.01. The molecule has 0 aliphatic rings. The molecule has 0 saturated carbocycles. The van der Waals surface area contributed by atoms with Crippen LogP contribution in [0.25, 0.3) is 5.57 Å². The van der Waals surface area contributed by atoms with E-state index in [0.717, 1.165) is 5.57 Å². The van der Waals surface area contributed by atoms with Crippen molar-refractivity contribution >= 4 is 29.9 Å². The molecule has 0 aliphatic heterocycles. The van der Waals surface area contributed by atoms with Crippen molar-refractivity contribution in [2.24, 2.45) is 0 Å². The number of hydrogen-bond donors (Lipinski definition) is 0. The molecule has 1 radical (unpaired) electrons. The molecule has 0 fully saturated rings. The summed E-state index contributed by atoms with van der Waals surface area (Å²) in [6.07, 6.45) is 0. The van der Waals surface area contributed by atoms with Gasteiger partial charge in [-0.25, -0.2) is 0 Å². The molecule has 0 bridgehead atoms. The molecule has 107 valence electrons. The first kappa shape index (κ1) is 14.5. The van der Waals surface area contributed by atoms with Gasteiger partial charge in [0.05, 0.1) is 0 Å². The fourth-order valence-electron chi connectivity index (χ4n) is 2.76. The molecule has 22 heavy (non-hydrogen) atoms. The summed E-state index contributed by atoms with van der Waals surface area (Å²) in [6.45, 7) is 6.26. The van der Waals surface area contributed by atoms with Gasteiger partial charge in [0.2, 0.25) is 0 Å². The summed E-state index contributed by atoms with van der Waals surface area (Å²) in [4.78, 5) is 0. The van der Waals surface area contributed by atoms with E-state index in [4.69, 9.17) is 0 Å². The summed E-state index contributed by atoms with van der Waals surface area (Å²) < 4.78 is 0. The molecule has 3 aromatic carbocycles. The van der Waals surface area contributed by atoms with Crippen LogP contribution in [0.2, 0.25) is 0 Å². The Hall–Kier alpha value is -2.38. The monoisotopic (exact) mass is 299 g/mol. The average molecular weight is 299 g/mol. The molecular formula is C21H19Si. The van der Waals surface area contributed by atoms with Crippen LogP contribution in [-0.2, 0) is 0 Å². The van der Waals surface area contributed by atoms with Crippen molar-refractivity contribution in [3.05, 3.63) is 97.1 Å². The van der Waals surface area contributed by atoms with Crippen LogP contribution in [0.15, 0.2) is 91.5 Å². The lowest BCUT2D eigenvalue weighted by Crippen LogP contribution is -2.53. The molecule has 0 nitrogen and oxygen atoms in total. The Morgan fingerprint density at radius 3 is 1.64 bits per heavy atom. The molecule has 0 saturated heterocycles. The fraction of sp³-hybridized carbons (Fsp3) is 0.0476. The second-order valence-electron chi connectivity index (χ2n) is 5.43. The van der Waals surface area contributed by atoms with Crippen molar-refractivity contribution < 1.29 is 0 Å². The normalized spacial score (nSPS) is 10.6. The summed E-state index contributed by atoms with van der Waals surface area (Å²) in [5, 5.41) is 4.23. The van der Waals surface area contributed by atoms with E-state index >= 15 is 0 Å². The topological polar surface area (TPSA) is 0 Å². The van der Waals surface area contributed by atoms with Crippen LogP contribution in [0.3, 0.4) is 0 Å². The van der Waals surface area contributed by atoms with E-state index in [1.807, 2.05) is 0 Å². The first-order valence-electron chi connectivity index (χ1n) is 7.50. The third kappa shape index (κ3) is 2.95. The predicted octanol–water partition coefficient (Wildman–Crippen LogP) is 3.24. The van der Waals surface area contributed by atoms with Gasteiger partial charge in [-0.2, -0.15) is 0 Å². The maximum atomic E-state index is 4.17. The molecule has 3 rings (SSSR count). The van der Waals surface area contributed by atoms with Gasteiger partial charge in [-0.05, 0) is 17.7 Å². The zero-order valence-corrected chi connectivity index (χ0v) is 13.8.